The highest BCUT2D eigenvalue weighted by Crippen LogP contribution is 2.29. The van der Waals surface area contributed by atoms with Crippen molar-refractivity contribution in [3.63, 3.8) is 0 Å². The third-order valence-corrected chi connectivity index (χ3v) is 3.31. The molecule has 1 amide bonds. The zero-order valence-corrected chi connectivity index (χ0v) is 12.2. The Bertz CT molecular complexity index is 568. The van der Waals surface area contributed by atoms with Crippen LogP contribution in [0.3, 0.4) is 0 Å². The summed E-state index contributed by atoms with van der Waals surface area (Å²) in [5, 5.41) is 2.55. The van der Waals surface area contributed by atoms with E-state index in [1.54, 1.807) is 0 Å². The van der Waals surface area contributed by atoms with Crippen molar-refractivity contribution in [1.29, 1.82) is 0 Å². The minimum atomic E-state index is -4.55. The van der Waals surface area contributed by atoms with E-state index < -0.39 is 30.2 Å². The zero-order valence-electron chi connectivity index (χ0n) is 12.2. The minimum Gasteiger partial charge on any atom is -0.452 e. The summed E-state index contributed by atoms with van der Waals surface area (Å²) in [5.74, 6) is -1.51. The molecule has 1 heterocycles. The van der Waals surface area contributed by atoms with Gasteiger partial charge in [-0.2, -0.15) is 13.2 Å². The molecule has 1 saturated heterocycles. The zero-order chi connectivity index (χ0) is 16.9. The van der Waals surface area contributed by atoms with Crippen molar-refractivity contribution in [2.45, 2.75) is 25.1 Å². The number of alkyl halides is 3. The van der Waals surface area contributed by atoms with Crippen LogP contribution in [-0.4, -0.2) is 37.7 Å². The number of hydrogen-bond acceptors (Lipinski definition) is 4. The van der Waals surface area contributed by atoms with E-state index in [2.05, 4.69) is 5.32 Å². The molecule has 1 N–H and O–H groups in total. The van der Waals surface area contributed by atoms with Crippen LogP contribution in [0.2, 0.25) is 0 Å². The van der Waals surface area contributed by atoms with Gasteiger partial charge < -0.3 is 14.8 Å². The minimum absolute atomic E-state index is 0.0434. The first-order valence-corrected chi connectivity index (χ1v) is 7.09. The maximum atomic E-state index is 12.6. The fourth-order valence-electron chi connectivity index (χ4n) is 2.12. The SMILES string of the molecule is O=C(COC(=O)c1cccc(C(F)(F)F)c1)NC[C@@H]1CCCO1. The first-order chi connectivity index (χ1) is 10.9. The summed E-state index contributed by atoms with van der Waals surface area (Å²) in [6, 6.07) is 3.84. The molecule has 1 aliphatic heterocycles. The Kier molecular flexibility index (Phi) is 5.59. The number of carbonyl (C=O) groups excluding carboxylic acids is 2. The maximum absolute atomic E-state index is 12.6. The van der Waals surface area contributed by atoms with Crippen molar-refractivity contribution in [2.24, 2.45) is 0 Å². The number of esters is 1. The summed E-state index contributed by atoms with van der Waals surface area (Å²) in [6.07, 6.45) is -2.80. The quantitative estimate of drug-likeness (QED) is 0.840. The van der Waals surface area contributed by atoms with Gasteiger partial charge in [0.05, 0.1) is 17.2 Å². The van der Waals surface area contributed by atoms with Crippen LogP contribution in [0.25, 0.3) is 0 Å². The van der Waals surface area contributed by atoms with E-state index in [9.17, 15) is 22.8 Å². The standard InChI is InChI=1S/C15H16F3NO4/c16-15(17,18)11-4-1-3-10(7-11)14(21)23-9-13(20)19-8-12-5-2-6-22-12/h1,3-4,7,12H,2,5-6,8-9H2,(H,19,20)/t12-/m0/s1. The molecule has 0 aliphatic carbocycles. The van der Waals surface area contributed by atoms with Crippen LogP contribution >= 0.6 is 0 Å². The molecule has 0 bridgehead atoms. The largest absolute Gasteiger partial charge is 0.452 e. The molecule has 23 heavy (non-hydrogen) atoms. The summed E-state index contributed by atoms with van der Waals surface area (Å²) >= 11 is 0. The van der Waals surface area contributed by atoms with Gasteiger partial charge in [0.1, 0.15) is 0 Å². The van der Waals surface area contributed by atoms with Crippen LogP contribution in [0, 0.1) is 0 Å². The van der Waals surface area contributed by atoms with Gasteiger partial charge in [0.15, 0.2) is 6.61 Å². The monoisotopic (exact) mass is 331 g/mol. The van der Waals surface area contributed by atoms with Crippen molar-refractivity contribution >= 4 is 11.9 Å². The van der Waals surface area contributed by atoms with Crippen molar-refractivity contribution in [3.8, 4) is 0 Å². The summed E-state index contributed by atoms with van der Waals surface area (Å²) < 4.78 is 47.7. The van der Waals surface area contributed by atoms with E-state index >= 15 is 0 Å². The van der Waals surface area contributed by atoms with E-state index in [1.807, 2.05) is 0 Å². The molecular weight excluding hydrogens is 315 g/mol. The van der Waals surface area contributed by atoms with Gasteiger partial charge in [-0.05, 0) is 31.0 Å². The van der Waals surface area contributed by atoms with Crippen LogP contribution in [0.4, 0.5) is 13.2 Å². The smallest absolute Gasteiger partial charge is 0.416 e. The summed E-state index contributed by atoms with van der Waals surface area (Å²) in [5.41, 5.74) is -1.21. The van der Waals surface area contributed by atoms with Crippen molar-refractivity contribution in [1.82, 2.24) is 5.32 Å². The van der Waals surface area contributed by atoms with Gasteiger partial charge in [-0.25, -0.2) is 4.79 Å². The Labute approximate surface area is 130 Å². The van der Waals surface area contributed by atoms with Crippen LogP contribution in [0.5, 0.6) is 0 Å². The second-order valence-corrected chi connectivity index (χ2v) is 5.09. The highest BCUT2D eigenvalue weighted by atomic mass is 19.4. The first kappa shape index (κ1) is 17.3. The third-order valence-electron chi connectivity index (χ3n) is 3.31. The van der Waals surface area contributed by atoms with E-state index in [0.29, 0.717) is 19.2 Å². The Hall–Kier alpha value is -2.09. The average molecular weight is 331 g/mol. The second-order valence-electron chi connectivity index (χ2n) is 5.09. The molecule has 0 unspecified atom stereocenters. The summed E-state index contributed by atoms with van der Waals surface area (Å²) in [4.78, 5) is 23.2. The van der Waals surface area contributed by atoms with Gasteiger partial charge in [-0.1, -0.05) is 6.07 Å². The molecule has 1 fully saturated rings. The van der Waals surface area contributed by atoms with Crippen LogP contribution in [0.15, 0.2) is 24.3 Å². The van der Waals surface area contributed by atoms with E-state index in [-0.39, 0.29) is 11.7 Å². The summed E-state index contributed by atoms with van der Waals surface area (Å²) in [6.45, 7) is 0.423. The fraction of sp³-hybridized carbons (Fsp3) is 0.467. The number of amides is 1. The predicted molar refractivity (Wildman–Crippen MR) is 73.7 cm³/mol. The first-order valence-electron chi connectivity index (χ1n) is 7.09. The number of halogens is 3. The Balaban J connectivity index is 1.81. The van der Waals surface area contributed by atoms with E-state index in [1.165, 1.54) is 6.07 Å². The summed E-state index contributed by atoms with van der Waals surface area (Å²) in [7, 11) is 0. The number of ether oxygens (including phenoxy) is 2. The van der Waals surface area contributed by atoms with E-state index in [0.717, 1.165) is 25.0 Å². The normalized spacial score (nSPS) is 17.8. The fourth-order valence-corrected chi connectivity index (χ4v) is 2.12. The number of carbonyl (C=O) groups is 2. The molecule has 5 nitrogen and oxygen atoms in total. The highest BCUT2D eigenvalue weighted by Gasteiger charge is 2.31. The molecule has 0 aromatic heterocycles. The number of nitrogens with one attached hydrogen (secondary N) is 1. The third kappa shape index (κ3) is 5.24. The lowest BCUT2D eigenvalue weighted by molar-refractivity contribution is -0.137. The molecule has 1 aromatic rings. The predicted octanol–water partition coefficient (Wildman–Crippen LogP) is 2.16. The number of rotatable bonds is 5. The molecule has 1 aromatic carbocycles. The van der Waals surface area contributed by atoms with Crippen LogP contribution in [-0.2, 0) is 20.4 Å². The maximum Gasteiger partial charge on any atom is 0.416 e. The Morgan fingerprint density at radius 3 is 2.78 bits per heavy atom. The number of benzene rings is 1. The van der Waals surface area contributed by atoms with Gasteiger partial charge in [0.25, 0.3) is 5.91 Å². The molecule has 0 saturated carbocycles. The molecule has 1 aliphatic rings. The molecule has 1 atom stereocenters. The molecule has 126 valence electrons. The average Bonchev–Trinajstić information content (AvgIpc) is 3.03. The van der Waals surface area contributed by atoms with Gasteiger partial charge in [-0.3, -0.25) is 4.79 Å². The van der Waals surface area contributed by atoms with Gasteiger partial charge in [0.2, 0.25) is 0 Å². The molecule has 0 spiro atoms. The molecule has 2 rings (SSSR count). The van der Waals surface area contributed by atoms with Crippen molar-refractivity contribution < 1.29 is 32.2 Å². The van der Waals surface area contributed by atoms with Crippen LogP contribution < -0.4 is 5.32 Å². The lowest BCUT2D eigenvalue weighted by Crippen LogP contribution is -2.34. The van der Waals surface area contributed by atoms with Gasteiger partial charge in [0, 0.05) is 13.2 Å². The lowest BCUT2D eigenvalue weighted by Gasteiger charge is -2.11. The van der Waals surface area contributed by atoms with Gasteiger partial charge in [-0.15, -0.1) is 0 Å². The molecular formula is C15H16F3NO4. The van der Waals surface area contributed by atoms with Gasteiger partial charge >= 0.3 is 12.1 Å². The molecule has 0 radical (unpaired) electrons. The van der Waals surface area contributed by atoms with E-state index in [4.69, 9.17) is 9.47 Å². The Morgan fingerprint density at radius 2 is 2.13 bits per heavy atom. The molecule has 8 heteroatoms. The number of hydrogen-bond donors (Lipinski definition) is 1. The van der Waals surface area contributed by atoms with Crippen LogP contribution in [0.1, 0.15) is 28.8 Å². The van der Waals surface area contributed by atoms with Crippen molar-refractivity contribution in [3.05, 3.63) is 35.4 Å². The lowest BCUT2D eigenvalue weighted by atomic mass is 10.1. The topological polar surface area (TPSA) is 64.6 Å². The highest BCUT2D eigenvalue weighted by molar-refractivity contribution is 5.91. The Morgan fingerprint density at radius 1 is 1.35 bits per heavy atom. The second kappa shape index (κ2) is 7.45. The van der Waals surface area contributed by atoms with Crippen molar-refractivity contribution in [2.75, 3.05) is 19.8 Å².